The maximum absolute atomic E-state index is 13.3. The van der Waals surface area contributed by atoms with Crippen LogP contribution in [-0.4, -0.2) is 24.7 Å². The monoisotopic (exact) mass is 467 g/mol. The van der Waals surface area contributed by atoms with Crippen molar-refractivity contribution in [3.05, 3.63) is 110 Å². The van der Waals surface area contributed by atoms with Gasteiger partial charge in [-0.1, -0.05) is 60.2 Å². The number of carbonyl (C=O) groups excluding carboxylic acids is 1. The fraction of sp³-hybridized carbons (Fsp3) is 0.185. The van der Waals surface area contributed by atoms with Gasteiger partial charge in [-0.3, -0.25) is 14.2 Å². The van der Waals surface area contributed by atoms with E-state index < -0.39 is 5.69 Å². The maximum atomic E-state index is 13.3. The van der Waals surface area contributed by atoms with E-state index in [2.05, 4.69) is 10.4 Å². The number of nitrogens with one attached hydrogen (secondary N) is 1. The van der Waals surface area contributed by atoms with Gasteiger partial charge in [0.2, 0.25) is 11.7 Å². The number of anilines is 1. The van der Waals surface area contributed by atoms with Crippen molar-refractivity contribution in [1.29, 1.82) is 0 Å². The van der Waals surface area contributed by atoms with Gasteiger partial charge in [-0.2, -0.15) is 0 Å². The highest BCUT2D eigenvalue weighted by atomic mass is 16.2. The molecule has 3 aromatic carbocycles. The fourth-order valence-electron chi connectivity index (χ4n) is 4.34. The van der Waals surface area contributed by atoms with E-state index in [4.69, 9.17) is 0 Å². The molecule has 0 saturated heterocycles. The standard InChI is InChI=1S/C27H25N5O3/c1-18-12-13-22(19(2)16-18)28-24(33)17-31-27(35)32-23-11-7-6-10-21(23)25(34)30(26(32)29-31)15-14-20-8-4-3-5-9-20/h3-13,16H,14-15,17H2,1-2H3,(H,28,33). The van der Waals surface area contributed by atoms with Crippen molar-refractivity contribution in [2.24, 2.45) is 0 Å². The number of nitrogens with zero attached hydrogens (tertiary/aromatic N) is 4. The third-order valence-electron chi connectivity index (χ3n) is 6.10. The highest BCUT2D eigenvalue weighted by molar-refractivity contribution is 5.91. The molecule has 35 heavy (non-hydrogen) atoms. The molecule has 1 N–H and O–H groups in total. The minimum Gasteiger partial charge on any atom is -0.324 e. The average Bonchev–Trinajstić information content (AvgIpc) is 3.17. The van der Waals surface area contributed by atoms with E-state index in [0.29, 0.717) is 29.6 Å². The molecule has 0 fully saturated rings. The van der Waals surface area contributed by atoms with Crippen LogP contribution >= 0.6 is 0 Å². The first-order valence-corrected chi connectivity index (χ1v) is 11.4. The Balaban J connectivity index is 1.55. The molecule has 2 aromatic heterocycles. The Labute approximate surface area is 201 Å². The summed E-state index contributed by atoms with van der Waals surface area (Å²) in [5.41, 5.74) is 3.55. The van der Waals surface area contributed by atoms with Crippen molar-refractivity contribution in [1.82, 2.24) is 18.7 Å². The van der Waals surface area contributed by atoms with Gasteiger partial charge >= 0.3 is 5.69 Å². The summed E-state index contributed by atoms with van der Waals surface area (Å²) >= 11 is 0. The lowest BCUT2D eigenvalue weighted by Crippen LogP contribution is -2.29. The van der Waals surface area contributed by atoms with Crippen molar-refractivity contribution in [2.75, 3.05) is 5.32 Å². The molecule has 8 heteroatoms. The Hall–Kier alpha value is -4.46. The molecule has 0 saturated carbocycles. The molecule has 0 radical (unpaired) electrons. The molecule has 0 bridgehead atoms. The summed E-state index contributed by atoms with van der Waals surface area (Å²) in [5, 5.41) is 7.70. The number of hydrogen-bond donors (Lipinski definition) is 1. The molecule has 0 aliphatic heterocycles. The maximum Gasteiger partial charge on any atom is 0.352 e. The third-order valence-corrected chi connectivity index (χ3v) is 6.10. The smallest absolute Gasteiger partial charge is 0.324 e. The molecule has 0 aliphatic rings. The molecule has 8 nitrogen and oxygen atoms in total. The highest BCUT2D eigenvalue weighted by Crippen LogP contribution is 2.16. The van der Waals surface area contributed by atoms with E-state index in [1.54, 1.807) is 24.3 Å². The van der Waals surface area contributed by atoms with Gasteiger partial charge < -0.3 is 5.32 Å². The predicted octanol–water partition coefficient (Wildman–Crippen LogP) is 3.31. The summed E-state index contributed by atoms with van der Waals surface area (Å²) in [6.07, 6.45) is 0.600. The Morgan fingerprint density at radius 3 is 2.46 bits per heavy atom. The number of amides is 1. The minimum absolute atomic E-state index is 0.217. The molecular weight excluding hydrogens is 442 g/mol. The number of rotatable bonds is 6. The molecule has 5 rings (SSSR count). The Kier molecular flexibility index (Phi) is 5.78. The molecule has 0 unspecified atom stereocenters. The van der Waals surface area contributed by atoms with Crippen LogP contribution in [0.15, 0.2) is 82.4 Å². The molecule has 1 amide bonds. The summed E-state index contributed by atoms with van der Waals surface area (Å²) in [6, 6.07) is 22.5. The summed E-state index contributed by atoms with van der Waals surface area (Å²) in [5.74, 6) is -0.154. The van der Waals surface area contributed by atoms with Crippen molar-refractivity contribution >= 4 is 28.3 Å². The highest BCUT2D eigenvalue weighted by Gasteiger charge is 2.19. The van der Waals surface area contributed by atoms with Crippen LogP contribution in [0.2, 0.25) is 0 Å². The number of aromatic nitrogens is 4. The molecule has 0 aliphatic carbocycles. The number of benzene rings is 3. The van der Waals surface area contributed by atoms with Gasteiger partial charge in [0.05, 0.1) is 10.9 Å². The van der Waals surface area contributed by atoms with Gasteiger partial charge in [0.25, 0.3) is 5.56 Å². The quantitative estimate of drug-likeness (QED) is 0.415. The minimum atomic E-state index is -0.472. The van der Waals surface area contributed by atoms with Gasteiger partial charge in [-0.15, -0.1) is 5.10 Å². The van der Waals surface area contributed by atoms with E-state index in [-0.39, 0.29) is 23.8 Å². The van der Waals surface area contributed by atoms with Crippen LogP contribution in [0.5, 0.6) is 0 Å². The predicted molar refractivity (Wildman–Crippen MR) is 136 cm³/mol. The number of aryl methyl sites for hydroxylation is 4. The first-order chi connectivity index (χ1) is 16.9. The van der Waals surface area contributed by atoms with Crippen molar-refractivity contribution in [3.63, 3.8) is 0 Å². The number of carbonyl (C=O) groups is 1. The summed E-state index contributed by atoms with van der Waals surface area (Å²) in [7, 11) is 0. The van der Waals surface area contributed by atoms with E-state index in [1.165, 1.54) is 8.97 Å². The van der Waals surface area contributed by atoms with Crippen LogP contribution in [0.25, 0.3) is 16.7 Å². The topological polar surface area (TPSA) is 90.4 Å². The molecule has 176 valence electrons. The van der Waals surface area contributed by atoms with Crippen molar-refractivity contribution in [3.8, 4) is 0 Å². The van der Waals surface area contributed by atoms with Gasteiger partial charge in [-0.05, 0) is 49.6 Å². The zero-order valence-corrected chi connectivity index (χ0v) is 19.6. The summed E-state index contributed by atoms with van der Waals surface area (Å²) in [4.78, 5) is 39.5. The number of hydrogen-bond acceptors (Lipinski definition) is 4. The summed E-state index contributed by atoms with van der Waals surface area (Å²) in [6.45, 7) is 3.98. The average molecular weight is 468 g/mol. The molecule has 0 spiro atoms. The largest absolute Gasteiger partial charge is 0.352 e. The van der Waals surface area contributed by atoms with E-state index in [9.17, 15) is 14.4 Å². The fourth-order valence-corrected chi connectivity index (χ4v) is 4.34. The number of fused-ring (bicyclic) bond motifs is 3. The van der Waals surface area contributed by atoms with Crippen LogP contribution in [0.1, 0.15) is 16.7 Å². The van der Waals surface area contributed by atoms with Gasteiger partial charge in [0.1, 0.15) is 6.54 Å². The zero-order chi connectivity index (χ0) is 24.5. The lowest BCUT2D eigenvalue weighted by Gasteiger charge is -2.09. The van der Waals surface area contributed by atoms with Crippen LogP contribution < -0.4 is 16.6 Å². The lowest BCUT2D eigenvalue weighted by molar-refractivity contribution is -0.117. The molecule has 2 heterocycles. The van der Waals surface area contributed by atoms with Crippen LogP contribution in [0.3, 0.4) is 0 Å². The van der Waals surface area contributed by atoms with Gasteiger partial charge in [0.15, 0.2) is 0 Å². The Morgan fingerprint density at radius 1 is 0.943 bits per heavy atom. The number of para-hydroxylation sites is 1. The Morgan fingerprint density at radius 2 is 1.69 bits per heavy atom. The van der Waals surface area contributed by atoms with E-state index in [0.717, 1.165) is 21.4 Å². The molecule has 5 aromatic rings. The second-order valence-corrected chi connectivity index (χ2v) is 8.65. The second kappa shape index (κ2) is 9.06. The first-order valence-electron chi connectivity index (χ1n) is 11.4. The van der Waals surface area contributed by atoms with E-state index >= 15 is 0 Å². The van der Waals surface area contributed by atoms with Crippen molar-refractivity contribution in [2.45, 2.75) is 33.4 Å². The second-order valence-electron chi connectivity index (χ2n) is 8.65. The lowest BCUT2D eigenvalue weighted by atomic mass is 10.1. The van der Waals surface area contributed by atoms with Crippen molar-refractivity contribution < 1.29 is 4.79 Å². The zero-order valence-electron chi connectivity index (χ0n) is 19.6. The SMILES string of the molecule is Cc1ccc(NC(=O)Cn2nc3n(CCc4ccccc4)c(=O)c4ccccc4n3c2=O)c(C)c1. The van der Waals surface area contributed by atoms with Crippen LogP contribution in [-0.2, 0) is 24.3 Å². The Bertz CT molecular complexity index is 1680. The van der Waals surface area contributed by atoms with E-state index in [1.807, 2.05) is 62.4 Å². The van der Waals surface area contributed by atoms with Gasteiger partial charge in [0, 0.05) is 12.2 Å². The molecular formula is C27H25N5O3. The van der Waals surface area contributed by atoms with Gasteiger partial charge in [-0.25, -0.2) is 13.9 Å². The third kappa shape index (κ3) is 4.26. The normalized spacial score (nSPS) is 11.3. The first kappa shape index (κ1) is 22.3. The van der Waals surface area contributed by atoms with Crippen LogP contribution in [0.4, 0.5) is 5.69 Å². The summed E-state index contributed by atoms with van der Waals surface area (Å²) < 4.78 is 4.03. The van der Waals surface area contributed by atoms with Crippen LogP contribution in [0, 0.1) is 13.8 Å². The molecule has 0 atom stereocenters.